The smallest absolute Gasteiger partial charge is 0.326 e. The molecular formula is C14H17N3O4. The molecule has 0 aliphatic carbocycles. The minimum atomic E-state index is -1.15. The number of aliphatic hydroxyl groups is 1. The summed E-state index contributed by atoms with van der Waals surface area (Å²) in [5.74, 6) is -0.849. The zero-order valence-corrected chi connectivity index (χ0v) is 11.4. The molecule has 1 heterocycles. The third kappa shape index (κ3) is 4.03. The lowest BCUT2D eigenvalue weighted by atomic mass is 10.2. The van der Waals surface area contributed by atoms with E-state index in [1.807, 2.05) is 24.3 Å². The number of aromatic nitrogens is 2. The van der Waals surface area contributed by atoms with Gasteiger partial charge in [0.2, 0.25) is 5.91 Å². The van der Waals surface area contributed by atoms with Crippen molar-refractivity contribution in [2.75, 3.05) is 6.61 Å². The third-order valence-corrected chi connectivity index (χ3v) is 3.08. The van der Waals surface area contributed by atoms with Gasteiger partial charge < -0.3 is 20.5 Å². The maximum absolute atomic E-state index is 11.7. The number of aryl methyl sites for hydroxylation is 1. The first-order valence-electron chi connectivity index (χ1n) is 6.67. The molecule has 2 rings (SSSR count). The van der Waals surface area contributed by atoms with Crippen molar-refractivity contribution in [3.8, 4) is 0 Å². The van der Waals surface area contributed by atoms with Gasteiger partial charge in [-0.15, -0.1) is 0 Å². The van der Waals surface area contributed by atoms with Gasteiger partial charge in [-0.2, -0.15) is 0 Å². The summed E-state index contributed by atoms with van der Waals surface area (Å²) in [6, 6.07) is 6.48. The van der Waals surface area contributed by atoms with Gasteiger partial charge in [-0.1, -0.05) is 12.1 Å². The molecule has 0 aliphatic rings. The van der Waals surface area contributed by atoms with E-state index in [1.54, 1.807) is 0 Å². The van der Waals surface area contributed by atoms with Gasteiger partial charge in [0.1, 0.15) is 11.9 Å². The first-order valence-corrected chi connectivity index (χ1v) is 6.67. The number of rotatable bonds is 7. The molecule has 1 amide bonds. The molecule has 7 nitrogen and oxygen atoms in total. The van der Waals surface area contributed by atoms with Crippen LogP contribution < -0.4 is 5.32 Å². The van der Waals surface area contributed by atoms with Crippen LogP contribution in [0.1, 0.15) is 18.7 Å². The van der Waals surface area contributed by atoms with Crippen LogP contribution in [0.25, 0.3) is 11.0 Å². The first-order chi connectivity index (χ1) is 10.1. The SMILES string of the molecule is O=C(CCc1nc2ccccc2[nH]1)N[C@@H](CCO)C(=O)O. The monoisotopic (exact) mass is 291 g/mol. The van der Waals surface area contributed by atoms with Crippen molar-refractivity contribution < 1.29 is 19.8 Å². The summed E-state index contributed by atoms with van der Waals surface area (Å²) in [6.45, 7) is -0.291. The van der Waals surface area contributed by atoms with Crippen LogP contribution in [0.15, 0.2) is 24.3 Å². The number of carboxylic acids is 1. The summed E-state index contributed by atoms with van der Waals surface area (Å²) >= 11 is 0. The molecule has 1 atom stereocenters. The average molecular weight is 291 g/mol. The second kappa shape index (κ2) is 6.85. The van der Waals surface area contributed by atoms with Crippen LogP contribution in [0, 0.1) is 0 Å². The molecule has 0 bridgehead atoms. The quantitative estimate of drug-likeness (QED) is 0.591. The van der Waals surface area contributed by atoms with Crippen molar-refractivity contribution in [1.82, 2.24) is 15.3 Å². The summed E-state index contributed by atoms with van der Waals surface area (Å²) in [4.78, 5) is 30.0. The summed E-state index contributed by atoms with van der Waals surface area (Å²) in [7, 11) is 0. The summed E-state index contributed by atoms with van der Waals surface area (Å²) < 4.78 is 0. The molecule has 2 aromatic rings. The fraction of sp³-hybridized carbons (Fsp3) is 0.357. The second-order valence-corrected chi connectivity index (χ2v) is 4.67. The Balaban J connectivity index is 1.89. The Morgan fingerprint density at radius 3 is 2.76 bits per heavy atom. The lowest BCUT2D eigenvalue weighted by Gasteiger charge is -2.12. The highest BCUT2D eigenvalue weighted by Crippen LogP contribution is 2.11. The zero-order valence-electron chi connectivity index (χ0n) is 11.4. The Bertz CT molecular complexity index is 605. The van der Waals surface area contributed by atoms with Gasteiger partial charge in [0.15, 0.2) is 0 Å². The lowest BCUT2D eigenvalue weighted by Crippen LogP contribution is -2.41. The minimum absolute atomic E-state index is 0.00822. The molecule has 0 aliphatic heterocycles. The Morgan fingerprint density at radius 2 is 2.10 bits per heavy atom. The fourth-order valence-electron chi connectivity index (χ4n) is 2.01. The maximum atomic E-state index is 11.7. The Hall–Kier alpha value is -2.41. The number of aliphatic carboxylic acids is 1. The highest BCUT2D eigenvalue weighted by Gasteiger charge is 2.19. The molecular weight excluding hydrogens is 274 g/mol. The van der Waals surface area contributed by atoms with E-state index in [2.05, 4.69) is 15.3 Å². The van der Waals surface area contributed by atoms with Gasteiger partial charge in [0, 0.05) is 25.9 Å². The predicted octanol–water partition coefficient (Wildman–Crippen LogP) is 0.447. The van der Waals surface area contributed by atoms with Crippen LogP contribution in [0.3, 0.4) is 0 Å². The lowest BCUT2D eigenvalue weighted by molar-refractivity contribution is -0.142. The van der Waals surface area contributed by atoms with Gasteiger partial charge in [0.05, 0.1) is 11.0 Å². The molecule has 0 spiro atoms. The van der Waals surface area contributed by atoms with Crippen molar-refractivity contribution >= 4 is 22.9 Å². The third-order valence-electron chi connectivity index (χ3n) is 3.08. The topological polar surface area (TPSA) is 115 Å². The minimum Gasteiger partial charge on any atom is -0.480 e. The number of nitrogens with zero attached hydrogens (tertiary/aromatic N) is 1. The number of carbonyl (C=O) groups excluding carboxylic acids is 1. The van der Waals surface area contributed by atoms with Crippen molar-refractivity contribution in [2.45, 2.75) is 25.3 Å². The van der Waals surface area contributed by atoms with Crippen LogP contribution in [-0.2, 0) is 16.0 Å². The number of imidazole rings is 1. The zero-order chi connectivity index (χ0) is 15.2. The number of aliphatic hydroxyl groups excluding tert-OH is 1. The van der Waals surface area contributed by atoms with E-state index in [4.69, 9.17) is 10.2 Å². The van der Waals surface area contributed by atoms with E-state index in [9.17, 15) is 9.59 Å². The molecule has 0 unspecified atom stereocenters. The number of hydrogen-bond donors (Lipinski definition) is 4. The number of para-hydroxylation sites is 2. The number of fused-ring (bicyclic) bond motifs is 1. The molecule has 0 saturated carbocycles. The van der Waals surface area contributed by atoms with Crippen LogP contribution in [0.2, 0.25) is 0 Å². The highest BCUT2D eigenvalue weighted by molar-refractivity contribution is 5.83. The molecule has 0 radical (unpaired) electrons. The molecule has 21 heavy (non-hydrogen) atoms. The van der Waals surface area contributed by atoms with Crippen LogP contribution >= 0.6 is 0 Å². The van der Waals surface area contributed by atoms with Crippen molar-refractivity contribution in [1.29, 1.82) is 0 Å². The molecule has 4 N–H and O–H groups in total. The summed E-state index contributed by atoms with van der Waals surface area (Å²) in [5.41, 5.74) is 1.73. The summed E-state index contributed by atoms with van der Waals surface area (Å²) in [5, 5.41) is 20.0. The molecule has 1 aromatic carbocycles. The van der Waals surface area contributed by atoms with Gasteiger partial charge >= 0.3 is 5.97 Å². The number of hydrogen-bond acceptors (Lipinski definition) is 4. The average Bonchev–Trinajstić information content (AvgIpc) is 2.87. The van der Waals surface area contributed by atoms with Gasteiger partial charge in [0.25, 0.3) is 0 Å². The van der Waals surface area contributed by atoms with E-state index in [0.29, 0.717) is 12.2 Å². The van der Waals surface area contributed by atoms with E-state index >= 15 is 0 Å². The maximum Gasteiger partial charge on any atom is 0.326 e. The Morgan fingerprint density at radius 1 is 1.33 bits per heavy atom. The number of carbonyl (C=O) groups is 2. The number of H-pyrrole nitrogens is 1. The number of nitrogens with one attached hydrogen (secondary N) is 2. The normalized spacial score (nSPS) is 12.2. The highest BCUT2D eigenvalue weighted by atomic mass is 16.4. The van der Waals surface area contributed by atoms with E-state index in [0.717, 1.165) is 11.0 Å². The number of benzene rings is 1. The number of aromatic amines is 1. The molecule has 0 saturated heterocycles. The molecule has 0 fully saturated rings. The first kappa shape index (κ1) is 15.0. The second-order valence-electron chi connectivity index (χ2n) is 4.67. The standard InChI is InChI=1S/C14H17N3O4/c18-8-7-11(14(20)21)17-13(19)6-5-12-15-9-3-1-2-4-10(9)16-12/h1-4,11,18H,5-8H2,(H,15,16)(H,17,19)(H,20,21)/t11-/m0/s1. The van der Waals surface area contributed by atoms with Gasteiger partial charge in [-0.3, -0.25) is 4.79 Å². The summed E-state index contributed by atoms with van der Waals surface area (Å²) in [6.07, 6.45) is 0.521. The molecule has 112 valence electrons. The number of amides is 1. The van der Waals surface area contributed by atoms with Gasteiger partial charge in [-0.05, 0) is 12.1 Å². The van der Waals surface area contributed by atoms with E-state index in [-0.39, 0.29) is 25.4 Å². The fourth-order valence-corrected chi connectivity index (χ4v) is 2.01. The molecule has 7 heteroatoms. The van der Waals surface area contributed by atoms with Gasteiger partial charge in [-0.25, -0.2) is 9.78 Å². The molecule has 1 aromatic heterocycles. The predicted molar refractivity (Wildman–Crippen MR) is 75.7 cm³/mol. The number of carboxylic acid groups (broad SMARTS) is 1. The Labute approximate surface area is 121 Å². The van der Waals surface area contributed by atoms with E-state index < -0.39 is 12.0 Å². The van der Waals surface area contributed by atoms with Crippen LogP contribution in [0.4, 0.5) is 0 Å². The van der Waals surface area contributed by atoms with Crippen LogP contribution in [0.5, 0.6) is 0 Å². The van der Waals surface area contributed by atoms with Crippen LogP contribution in [-0.4, -0.2) is 44.7 Å². The van der Waals surface area contributed by atoms with Crippen molar-refractivity contribution in [2.24, 2.45) is 0 Å². The van der Waals surface area contributed by atoms with Crippen molar-refractivity contribution in [3.05, 3.63) is 30.1 Å². The van der Waals surface area contributed by atoms with E-state index in [1.165, 1.54) is 0 Å². The Kier molecular flexibility index (Phi) is 4.89. The van der Waals surface area contributed by atoms with Crippen molar-refractivity contribution in [3.63, 3.8) is 0 Å². The largest absolute Gasteiger partial charge is 0.480 e.